The van der Waals surface area contributed by atoms with Crippen molar-refractivity contribution >= 4 is 35.2 Å². The van der Waals surface area contributed by atoms with Crippen LogP contribution in [0.25, 0.3) is 0 Å². The second-order valence-corrected chi connectivity index (χ2v) is 9.98. The molecule has 5 rings (SSSR count). The van der Waals surface area contributed by atoms with Gasteiger partial charge in [0.05, 0.1) is 19.1 Å². The number of hydrogen-bond acceptors (Lipinski definition) is 7. The minimum Gasteiger partial charge on any atom is -0.497 e. The number of piperidine rings is 1. The van der Waals surface area contributed by atoms with Gasteiger partial charge in [-0.05, 0) is 36.8 Å². The molecule has 2 aromatic carbocycles. The standard InChI is InChI=1S/C28H28F2N4O6/c1-33(17-4-3-5-19(10-17)39-2)27(37)15-8-20(9-15)40-28(38)31-16-13-34(14-16)18-11-22(29)25(23(30)12-18)21-6-7-24(35)32-26(21)36/h3-5,8,10-12,16,20-21H,6-7,9,13-14H2,1-2H3,(H,31,38)(H,32,35,36). The van der Waals surface area contributed by atoms with E-state index in [9.17, 15) is 28.0 Å². The summed E-state index contributed by atoms with van der Waals surface area (Å²) in [7, 11) is 3.20. The Labute approximate surface area is 228 Å². The van der Waals surface area contributed by atoms with Crippen LogP contribution in [0.5, 0.6) is 5.75 Å². The number of carbonyl (C=O) groups excluding carboxylic acids is 4. The molecule has 10 nitrogen and oxygen atoms in total. The third-order valence-electron chi connectivity index (χ3n) is 7.31. The normalized spacial score (nSPS) is 20.5. The fraction of sp³-hybridized carbons (Fsp3) is 0.357. The van der Waals surface area contributed by atoms with Gasteiger partial charge in [-0.2, -0.15) is 0 Å². The van der Waals surface area contributed by atoms with Gasteiger partial charge in [-0.25, -0.2) is 13.6 Å². The molecule has 0 bridgehead atoms. The predicted molar refractivity (Wildman–Crippen MR) is 140 cm³/mol. The first-order valence-corrected chi connectivity index (χ1v) is 12.8. The molecule has 2 aliphatic heterocycles. The average Bonchev–Trinajstić information content (AvgIpc) is 2.87. The van der Waals surface area contributed by atoms with Crippen LogP contribution >= 0.6 is 0 Å². The summed E-state index contributed by atoms with van der Waals surface area (Å²) in [6.45, 7) is 0.614. The molecule has 0 spiro atoms. The summed E-state index contributed by atoms with van der Waals surface area (Å²) >= 11 is 0. The summed E-state index contributed by atoms with van der Waals surface area (Å²) in [5.74, 6) is -3.53. The Hall–Kier alpha value is -4.48. The molecule has 0 saturated carbocycles. The number of ether oxygens (including phenoxy) is 2. The summed E-state index contributed by atoms with van der Waals surface area (Å²) < 4.78 is 40.1. The Morgan fingerprint density at radius 3 is 2.48 bits per heavy atom. The van der Waals surface area contributed by atoms with E-state index in [1.165, 1.54) is 4.90 Å². The second-order valence-electron chi connectivity index (χ2n) is 9.98. The fourth-order valence-electron chi connectivity index (χ4n) is 4.97. The van der Waals surface area contributed by atoms with E-state index in [0.717, 1.165) is 12.1 Å². The topological polar surface area (TPSA) is 117 Å². The van der Waals surface area contributed by atoms with Crippen molar-refractivity contribution in [2.45, 2.75) is 37.3 Å². The van der Waals surface area contributed by atoms with E-state index >= 15 is 0 Å². The molecule has 1 aliphatic carbocycles. The van der Waals surface area contributed by atoms with Crippen molar-refractivity contribution in [3.05, 3.63) is 65.2 Å². The van der Waals surface area contributed by atoms with E-state index in [4.69, 9.17) is 9.47 Å². The van der Waals surface area contributed by atoms with Crippen molar-refractivity contribution in [2.24, 2.45) is 0 Å². The number of carbonyl (C=O) groups is 4. The first kappa shape index (κ1) is 27.1. The number of benzene rings is 2. The van der Waals surface area contributed by atoms with Crippen LogP contribution in [0.15, 0.2) is 48.0 Å². The van der Waals surface area contributed by atoms with Crippen LogP contribution in [-0.2, 0) is 19.1 Å². The van der Waals surface area contributed by atoms with Crippen LogP contribution in [0, 0.1) is 11.6 Å². The highest BCUT2D eigenvalue weighted by molar-refractivity contribution is 6.06. The molecule has 2 N–H and O–H groups in total. The minimum absolute atomic E-state index is 0.0151. The third kappa shape index (κ3) is 5.47. The summed E-state index contributed by atoms with van der Waals surface area (Å²) in [6.07, 6.45) is 0.763. The van der Waals surface area contributed by atoms with Gasteiger partial charge in [0.1, 0.15) is 23.5 Å². The summed E-state index contributed by atoms with van der Waals surface area (Å²) in [6, 6.07) is 9.11. The number of methoxy groups -OCH3 is 1. The van der Waals surface area contributed by atoms with Gasteiger partial charge in [0.25, 0.3) is 5.91 Å². The quantitative estimate of drug-likeness (QED) is 0.506. The number of rotatable bonds is 7. The van der Waals surface area contributed by atoms with Crippen LogP contribution < -0.4 is 25.2 Å². The van der Waals surface area contributed by atoms with Crippen molar-refractivity contribution < 1.29 is 37.4 Å². The lowest BCUT2D eigenvalue weighted by Crippen LogP contribution is -2.60. The molecule has 2 unspecified atom stereocenters. The molecular weight excluding hydrogens is 526 g/mol. The molecule has 3 aliphatic rings. The van der Waals surface area contributed by atoms with Gasteiger partial charge in [-0.1, -0.05) is 6.07 Å². The summed E-state index contributed by atoms with van der Waals surface area (Å²) in [4.78, 5) is 51.6. The number of hydrogen-bond donors (Lipinski definition) is 2. The Bertz CT molecular complexity index is 1380. The van der Waals surface area contributed by atoms with Crippen LogP contribution in [0.2, 0.25) is 0 Å². The van der Waals surface area contributed by atoms with E-state index < -0.39 is 41.6 Å². The van der Waals surface area contributed by atoms with E-state index in [2.05, 4.69) is 10.6 Å². The monoisotopic (exact) mass is 554 g/mol. The van der Waals surface area contributed by atoms with Gasteiger partial charge in [-0.15, -0.1) is 0 Å². The average molecular weight is 555 g/mol. The zero-order valence-corrected chi connectivity index (χ0v) is 21.9. The molecule has 4 amide bonds. The smallest absolute Gasteiger partial charge is 0.408 e. The Morgan fingerprint density at radius 1 is 1.12 bits per heavy atom. The van der Waals surface area contributed by atoms with Crippen LogP contribution in [0.3, 0.4) is 0 Å². The Morgan fingerprint density at radius 2 is 1.82 bits per heavy atom. The number of nitrogens with one attached hydrogen (secondary N) is 2. The largest absolute Gasteiger partial charge is 0.497 e. The maximum atomic E-state index is 14.8. The van der Waals surface area contributed by atoms with Crippen molar-refractivity contribution in [3.8, 4) is 5.75 Å². The molecule has 2 fully saturated rings. The van der Waals surface area contributed by atoms with E-state index in [-0.39, 0.29) is 42.5 Å². The lowest BCUT2D eigenvalue weighted by molar-refractivity contribution is -0.134. The van der Waals surface area contributed by atoms with Gasteiger partial charge in [0.2, 0.25) is 11.8 Å². The molecule has 2 aromatic rings. The summed E-state index contributed by atoms with van der Waals surface area (Å²) in [5, 5.41) is 4.82. The molecule has 2 saturated heterocycles. The van der Waals surface area contributed by atoms with Gasteiger partial charge in [0, 0.05) is 61.6 Å². The molecule has 0 radical (unpaired) electrons. The van der Waals surface area contributed by atoms with Crippen LogP contribution in [0.4, 0.5) is 25.0 Å². The Balaban J connectivity index is 1.09. The van der Waals surface area contributed by atoms with Crippen LogP contribution in [0.1, 0.15) is 30.7 Å². The van der Waals surface area contributed by atoms with Gasteiger partial charge < -0.3 is 24.6 Å². The molecule has 2 atom stereocenters. The number of likely N-dealkylation sites (N-methyl/N-ethyl adjacent to an activating group) is 1. The molecule has 0 aromatic heterocycles. The lowest BCUT2D eigenvalue weighted by atomic mass is 9.89. The number of imide groups is 1. The number of anilines is 2. The Kier molecular flexibility index (Phi) is 7.42. The number of alkyl carbamates (subject to hydrolysis) is 1. The molecule has 210 valence electrons. The van der Waals surface area contributed by atoms with Crippen LogP contribution in [-0.4, -0.2) is 63.2 Å². The second kappa shape index (κ2) is 10.9. The first-order valence-electron chi connectivity index (χ1n) is 12.8. The fourth-order valence-corrected chi connectivity index (χ4v) is 4.97. The predicted octanol–water partition coefficient (Wildman–Crippen LogP) is 2.77. The van der Waals surface area contributed by atoms with E-state index in [1.807, 2.05) is 0 Å². The van der Waals surface area contributed by atoms with Crippen molar-refractivity contribution in [1.29, 1.82) is 0 Å². The highest BCUT2D eigenvalue weighted by Crippen LogP contribution is 2.33. The maximum absolute atomic E-state index is 14.8. The number of amides is 4. The molecule has 2 heterocycles. The van der Waals surface area contributed by atoms with Crippen molar-refractivity contribution in [1.82, 2.24) is 10.6 Å². The van der Waals surface area contributed by atoms with E-state index in [0.29, 0.717) is 30.1 Å². The molecule has 12 heteroatoms. The highest BCUT2D eigenvalue weighted by atomic mass is 19.1. The van der Waals surface area contributed by atoms with Gasteiger partial charge in [-0.3, -0.25) is 19.7 Å². The van der Waals surface area contributed by atoms with Crippen molar-refractivity contribution in [2.75, 3.05) is 37.0 Å². The lowest BCUT2D eigenvalue weighted by Gasteiger charge is -2.41. The maximum Gasteiger partial charge on any atom is 0.408 e. The zero-order chi connectivity index (χ0) is 28.6. The molecular formula is C28H28F2N4O6. The highest BCUT2D eigenvalue weighted by Gasteiger charge is 2.35. The first-order chi connectivity index (χ1) is 19.1. The SMILES string of the molecule is COc1cccc(N(C)C(=O)C2=CC(OC(=O)NC3CN(c4cc(F)c(C5CCC(=O)NC5=O)c(F)c4)C3)C2)c1. The minimum atomic E-state index is -1.06. The molecule has 40 heavy (non-hydrogen) atoms. The van der Waals surface area contributed by atoms with E-state index in [1.54, 1.807) is 49.4 Å². The van der Waals surface area contributed by atoms with Crippen molar-refractivity contribution in [3.63, 3.8) is 0 Å². The number of halogens is 2. The third-order valence-corrected chi connectivity index (χ3v) is 7.31. The summed E-state index contributed by atoms with van der Waals surface area (Å²) in [5.41, 5.74) is 1.13. The van der Waals surface area contributed by atoms with Gasteiger partial charge >= 0.3 is 6.09 Å². The zero-order valence-electron chi connectivity index (χ0n) is 21.9. The number of nitrogens with zero attached hydrogens (tertiary/aromatic N) is 2. The van der Waals surface area contributed by atoms with Gasteiger partial charge in [0.15, 0.2) is 0 Å².